The van der Waals surface area contributed by atoms with Crippen molar-refractivity contribution in [2.45, 2.75) is 6.67 Å². The van der Waals surface area contributed by atoms with Gasteiger partial charge >= 0.3 is 5.82 Å². The molecule has 2 aromatic heterocycles. The molecule has 0 radical (unpaired) electrons. The highest BCUT2D eigenvalue weighted by Crippen LogP contribution is 2.17. The van der Waals surface area contributed by atoms with E-state index in [1.54, 1.807) is 0 Å². The van der Waals surface area contributed by atoms with Crippen molar-refractivity contribution in [3.63, 3.8) is 0 Å². The number of anilines is 1. The first-order valence-corrected chi connectivity index (χ1v) is 3.69. The van der Waals surface area contributed by atoms with Crippen LogP contribution in [0.3, 0.4) is 0 Å². The largest absolute Gasteiger partial charge is 0.458 e. The van der Waals surface area contributed by atoms with Gasteiger partial charge in [0.15, 0.2) is 5.16 Å². The van der Waals surface area contributed by atoms with Crippen LogP contribution in [0.25, 0.3) is 0 Å². The second-order valence-electron chi connectivity index (χ2n) is 2.38. The molecule has 0 aromatic carbocycles. The van der Waals surface area contributed by atoms with E-state index < -0.39 is 10.7 Å². The van der Waals surface area contributed by atoms with Crippen LogP contribution in [-0.4, -0.2) is 35.4 Å². The third-order valence-corrected chi connectivity index (χ3v) is 1.44. The average molecular weight is 212 g/mol. The monoisotopic (exact) mass is 212 g/mol. The van der Waals surface area contributed by atoms with Crippen LogP contribution in [0.2, 0.25) is 0 Å². The molecule has 11 heteroatoms. The lowest BCUT2D eigenvalue weighted by Crippen LogP contribution is -2.10. The van der Waals surface area contributed by atoms with Crippen molar-refractivity contribution >= 4 is 11.6 Å². The van der Waals surface area contributed by atoms with Gasteiger partial charge in [-0.15, -0.1) is 9.73 Å². The number of hydrogen-bond donors (Lipinski definition) is 1. The molecule has 2 aromatic rings. The van der Waals surface area contributed by atoms with Crippen molar-refractivity contribution in [3.8, 4) is 0 Å². The molecule has 0 aliphatic heterocycles. The fourth-order valence-electron chi connectivity index (χ4n) is 0.824. The van der Waals surface area contributed by atoms with Crippen molar-refractivity contribution in [3.05, 3.63) is 16.4 Å². The molecule has 0 saturated carbocycles. The standard InChI is InChI=1S/C4H4N8O3/c13-12(14)4-3(7-15-8-4)5-1-11-2-6-9-10-11/h2H,1H2,(H,5,7). The molecule has 0 atom stereocenters. The van der Waals surface area contributed by atoms with Gasteiger partial charge in [-0.1, -0.05) is 0 Å². The van der Waals surface area contributed by atoms with E-state index in [0.717, 1.165) is 0 Å². The number of nitrogens with zero attached hydrogens (tertiary/aromatic N) is 7. The Morgan fingerprint density at radius 2 is 2.47 bits per heavy atom. The van der Waals surface area contributed by atoms with Crippen LogP contribution in [-0.2, 0) is 6.67 Å². The van der Waals surface area contributed by atoms with Gasteiger partial charge in [-0.05, 0) is 15.4 Å². The quantitative estimate of drug-likeness (QED) is 0.501. The van der Waals surface area contributed by atoms with Crippen LogP contribution in [0.1, 0.15) is 0 Å². The van der Waals surface area contributed by atoms with Crippen LogP contribution >= 0.6 is 0 Å². The molecule has 0 unspecified atom stereocenters. The summed E-state index contributed by atoms with van der Waals surface area (Å²) in [4.78, 5) is 9.69. The Morgan fingerprint density at radius 3 is 3.13 bits per heavy atom. The van der Waals surface area contributed by atoms with E-state index in [0.29, 0.717) is 0 Å². The zero-order chi connectivity index (χ0) is 10.7. The Morgan fingerprint density at radius 1 is 1.60 bits per heavy atom. The van der Waals surface area contributed by atoms with Crippen molar-refractivity contribution in [2.24, 2.45) is 0 Å². The molecule has 2 heterocycles. The smallest absolute Gasteiger partial charge is 0.358 e. The predicted molar refractivity (Wildman–Crippen MR) is 42.4 cm³/mol. The molecular formula is C4H4N8O3. The number of nitro groups is 1. The summed E-state index contributed by atoms with van der Waals surface area (Å²) in [6, 6.07) is 0. The maximum atomic E-state index is 10.4. The molecule has 1 N–H and O–H groups in total. The van der Waals surface area contributed by atoms with E-state index in [2.05, 4.69) is 35.8 Å². The molecule has 0 bridgehead atoms. The molecule has 0 aliphatic rings. The van der Waals surface area contributed by atoms with Gasteiger partial charge < -0.3 is 15.4 Å². The molecule has 0 spiro atoms. The number of aromatic nitrogens is 6. The highest BCUT2D eigenvalue weighted by Gasteiger charge is 2.21. The van der Waals surface area contributed by atoms with Crippen LogP contribution < -0.4 is 5.32 Å². The van der Waals surface area contributed by atoms with E-state index in [1.807, 2.05) is 0 Å². The van der Waals surface area contributed by atoms with E-state index >= 15 is 0 Å². The first-order valence-electron chi connectivity index (χ1n) is 3.69. The van der Waals surface area contributed by atoms with Gasteiger partial charge in [0.05, 0.1) is 0 Å². The van der Waals surface area contributed by atoms with Gasteiger partial charge in [0.25, 0.3) is 5.82 Å². The summed E-state index contributed by atoms with van der Waals surface area (Å²) in [5.74, 6) is -0.557. The second-order valence-corrected chi connectivity index (χ2v) is 2.38. The van der Waals surface area contributed by atoms with E-state index in [9.17, 15) is 10.1 Å². The Labute approximate surface area is 81.2 Å². The molecule has 0 saturated heterocycles. The first kappa shape index (κ1) is 8.98. The van der Waals surface area contributed by atoms with Gasteiger partial charge in [0, 0.05) is 5.16 Å². The van der Waals surface area contributed by atoms with Gasteiger partial charge in [0.1, 0.15) is 13.0 Å². The summed E-state index contributed by atoms with van der Waals surface area (Å²) in [7, 11) is 0. The summed E-state index contributed by atoms with van der Waals surface area (Å²) in [6.07, 6.45) is 1.34. The third-order valence-electron chi connectivity index (χ3n) is 1.44. The second kappa shape index (κ2) is 3.65. The third kappa shape index (κ3) is 1.84. The van der Waals surface area contributed by atoms with E-state index in [-0.39, 0.29) is 12.5 Å². The Kier molecular flexibility index (Phi) is 2.19. The Balaban J connectivity index is 2.05. The van der Waals surface area contributed by atoms with Crippen LogP contribution in [0, 0.1) is 10.1 Å². The lowest BCUT2D eigenvalue weighted by atomic mass is 10.6. The minimum atomic E-state index is -0.710. The molecule has 0 fully saturated rings. The lowest BCUT2D eigenvalue weighted by Gasteiger charge is -1.98. The van der Waals surface area contributed by atoms with Crippen LogP contribution in [0.15, 0.2) is 11.0 Å². The van der Waals surface area contributed by atoms with Crippen molar-refractivity contribution in [2.75, 3.05) is 5.32 Å². The summed E-state index contributed by atoms with van der Waals surface area (Å²) >= 11 is 0. The summed E-state index contributed by atoms with van der Waals surface area (Å²) in [5.41, 5.74) is 0. The fourth-order valence-corrected chi connectivity index (χ4v) is 0.824. The first-order chi connectivity index (χ1) is 7.27. The number of hydrogen-bond acceptors (Lipinski definition) is 9. The Hall–Kier alpha value is -2.59. The number of rotatable bonds is 4. The highest BCUT2D eigenvalue weighted by molar-refractivity contribution is 5.47. The van der Waals surface area contributed by atoms with E-state index in [4.69, 9.17) is 0 Å². The molecular weight excluding hydrogens is 208 g/mol. The average Bonchev–Trinajstić information content (AvgIpc) is 2.86. The van der Waals surface area contributed by atoms with Gasteiger partial charge in [-0.3, -0.25) is 0 Å². The summed E-state index contributed by atoms with van der Waals surface area (Å²) in [6.45, 7) is 0.127. The van der Waals surface area contributed by atoms with Crippen molar-refractivity contribution in [1.29, 1.82) is 0 Å². The zero-order valence-corrected chi connectivity index (χ0v) is 7.14. The molecule has 78 valence electrons. The fraction of sp³-hybridized carbons (Fsp3) is 0.250. The highest BCUT2D eigenvalue weighted by atomic mass is 16.6. The number of nitrogens with one attached hydrogen (secondary N) is 1. The van der Waals surface area contributed by atoms with Crippen molar-refractivity contribution in [1.82, 2.24) is 30.5 Å². The van der Waals surface area contributed by atoms with Crippen molar-refractivity contribution < 1.29 is 9.55 Å². The van der Waals surface area contributed by atoms with Gasteiger partial charge in [-0.25, -0.2) is 4.68 Å². The topological polar surface area (TPSA) is 138 Å². The predicted octanol–water partition coefficient (Wildman–Crippen LogP) is -0.966. The molecule has 0 aliphatic carbocycles. The molecule has 2 rings (SSSR count). The molecule has 11 nitrogen and oxygen atoms in total. The summed E-state index contributed by atoms with van der Waals surface area (Å²) < 4.78 is 5.53. The lowest BCUT2D eigenvalue weighted by molar-refractivity contribution is -0.390. The van der Waals surface area contributed by atoms with E-state index in [1.165, 1.54) is 11.0 Å². The summed E-state index contributed by atoms with van der Waals surface area (Å²) in [5, 5.41) is 29.7. The zero-order valence-electron chi connectivity index (χ0n) is 7.14. The van der Waals surface area contributed by atoms with Crippen LogP contribution in [0.4, 0.5) is 11.6 Å². The maximum Gasteiger partial charge on any atom is 0.458 e. The minimum absolute atomic E-state index is 0.0736. The Bertz CT molecular complexity index is 448. The maximum absolute atomic E-state index is 10.4. The van der Waals surface area contributed by atoms with Crippen LogP contribution in [0.5, 0.6) is 0 Å². The molecule has 15 heavy (non-hydrogen) atoms. The number of tetrazole rings is 1. The normalized spacial score (nSPS) is 10.1. The minimum Gasteiger partial charge on any atom is -0.358 e. The van der Waals surface area contributed by atoms with Gasteiger partial charge in [-0.2, -0.15) is 0 Å². The molecule has 0 amide bonds. The SMILES string of the molecule is O=[N+]([O-])c1nonc1NCn1cnnn1. The van der Waals surface area contributed by atoms with Gasteiger partial charge in [0.2, 0.25) is 0 Å².